The molecule has 0 spiro atoms. The van der Waals surface area contributed by atoms with E-state index in [0.29, 0.717) is 18.5 Å². The molecule has 1 N–H and O–H groups in total. The van der Waals surface area contributed by atoms with E-state index < -0.39 is 0 Å². The van der Waals surface area contributed by atoms with Crippen molar-refractivity contribution in [3.05, 3.63) is 36.3 Å². The first-order valence-corrected chi connectivity index (χ1v) is 12.6. The van der Waals surface area contributed by atoms with Crippen molar-refractivity contribution in [3.63, 3.8) is 0 Å². The third kappa shape index (κ3) is 4.88. The number of pyridine rings is 1. The number of nitrogens with one attached hydrogen (secondary N) is 1. The molecule has 8 nitrogen and oxygen atoms in total. The fourth-order valence-corrected chi connectivity index (χ4v) is 5.22. The fourth-order valence-electron chi connectivity index (χ4n) is 5.22. The van der Waals surface area contributed by atoms with Gasteiger partial charge in [0.05, 0.1) is 31.5 Å². The Bertz CT molecular complexity index is 1100. The minimum Gasteiger partial charge on any atom is -0.383 e. The van der Waals surface area contributed by atoms with Crippen molar-refractivity contribution >= 4 is 17.3 Å². The predicted octanol–water partition coefficient (Wildman–Crippen LogP) is 4.37. The zero-order chi connectivity index (χ0) is 23.5. The molecule has 34 heavy (non-hydrogen) atoms. The molecule has 1 aliphatic carbocycles. The summed E-state index contributed by atoms with van der Waals surface area (Å²) >= 11 is 0. The molecular weight excluding hydrogens is 428 g/mol. The maximum atomic E-state index is 5.52. The van der Waals surface area contributed by atoms with Crippen molar-refractivity contribution in [2.45, 2.75) is 51.5 Å². The van der Waals surface area contributed by atoms with Gasteiger partial charge in [-0.25, -0.2) is 14.5 Å². The second-order valence-corrected chi connectivity index (χ2v) is 9.82. The van der Waals surface area contributed by atoms with Crippen LogP contribution in [0.2, 0.25) is 0 Å². The maximum absolute atomic E-state index is 5.52. The lowest BCUT2D eigenvalue weighted by atomic mass is 9.81. The highest BCUT2D eigenvalue weighted by atomic mass is 16.5. The SMILES string of the molecule is COC[C@H](C)Nc1ncc2c(-c3ccnc(N4CCOCC4)c3)cc(C3CCC(C)CC3)n2n1. The van der Waals surface area contributed by atoms with Gasteiger partial charge in [0.25, 0.3) is 0 Å². The van der Waals surface area contributed by atoms with E-state index in [9.17, 15) is 0 Å². The van der Waals surface area contributed by atoms with Gasteiger partial charge >= 0.3 is 0 Å². The summed E-state index contributed by atoms with van der Waals surface area (Å²) in [6, 6.07) is 6.76. The first-order chi connectivity index (χ1) is 16.6. The normalized spacial score (nSPS) is 22.1. The highest BCUT2D eigenvalue weighted by Gasteiger charge is 2.25. The third-order valence-electron chi connectivity index (χ3n) is 7.16. The van der Waals surface area contributed by atoms with Crippen molar-refractivity contribution < 1.29 is 9.47 Å². The second kappa shape index (κ2) is 10.3. The van der Waals surface area contributed by atoms with Crippen LogP contribution in [0.15, 0.2) is 30.6 Å². The number of rotatable bonds is 7. The highest BCUT2D eigenvalue weighted by molar-refractivity contribution is 5.82. The Labute approximate surface area is 201 Å². The summed E-state index contributed by atoms with van der Waals surface area (Å²) in [5.41, 5.74) is 4.65. The van der Waals surface area contributed by atoms with Crippen molar-refractivity contribution in [2.24, 2.45) is 5.92 Å². The second-order valence-electron chi connectivity index (χ2n) is 9.82. The Hall–Kier alpha value is -2.71. The number of hydrogen-bond donors (Lipinski definition) is 1. The quantitative estimate of drug-likeness (QED) is 0.556. The summed E-state index contributed by atoms with van der Waals surface area (Å²) in [5.74, 6) is 2.95. The van der Waals surface area contributed by atoms with Gasteiger partial charge in [-0.3, -0.25) is 0 Å². The van der Waals surface area contributed by atoms with Crippen LogP contribution in [0.3, 0.4) is 0 Å². The molecule has 0 aromatic carbocycles. The Balaban J connectivity index is 1.54. The zero-order valence-electron chi connectivity index (χ0n) is 20.5. The average Bonchev–Trinajstić information content (AvgIpc) is 3.24. The van der Waals surface area contributed by atoms with Crippen molar-refractivity contribution in [3.8, 4) is 11.1 Å². The lowest BCUT2D eigenvalue weighted by Crippen LogP contribution is -2.36. The molecule has 1 atom stereocenters. The first-order valence-electron chi connectivity index (χ1n) is 12.6. The monoisotopic (exact) mass is 464 g/mol. The van der Waals surface area contributed by atoms with Crippen LogP contribution >= 0.6 is 0 Å². The molecule has 182 valence electrons. The van der Waals surface area contributed by atoms with E-state index in [1.54, 1.807) is 7.11 Å². The molecule has 3 aromatic rings. The van der Waals surface area contributed by atoms with Gasteiger partial charge in [0, 0.05) is 49.6 Å². The Kier molecular flexibility index (Phi) is 6.97. The van der Waals surface area contributed by atoms with Crippen LogP contribution in [0.1, 0.15) is 51.1 Å². The molecule has 0 unspecified atom stereocenters. The van der Waals surface area contributed by atoms with Crippen LogP contribution in [0.5, 0.6) is 0 Å². The van der Waals surface area contributed by atoms with E-state index in [4.69, 9.17) is 14.6 Å². The molecule has 0 radical (unpaired) electrons. The molecule has 8 heteroatoms. The van der Waals surface area contributed by atoms with Gasteiger partial charge in [-0.2, -0.15) is 0 Å². The number of morpholine rings is 1. The summed E-state index contributed by atoms with van der Waals surface area (Å²) < 4.78 is 12.9. The Morgan fingerprint density at radius 3 is 2.71 bits per heavy atom. The molecule has 1 saturated heterocycles. The van der Waals surface area contributed by atoms with E-state index in [0.717, 1.165) is 49.1 Å². The van der Waals surface area contributed by atoms with Gasteiger partial charge in [0.1, 0.15) is 5.82 Å². The van der Waals surface area contributed by atoms with Gasteiger partial charge in [-0.15, -0.1) is 5.10 Å². The molecule has 0 bridgehead atoms. The molecule has 4 heterocycles. The zero-order valence-corrected chi connectivity index (χ0v) is 20.5. The fraction of sp³-hybridized carbons (Fsp3) is 0.577. The van der Waals surface area contributed by atoms with Crippen LogP contribution in [0, 0.1) is 5.92 Å². The number of aromatic nitrogens is 4. The molecule has 1 saturated carbocycles. The van der Waals surface area contributed by atoms with E-state index >= 15 is 0 Å². The molecule has 0 amide bonds. The van der Waals surface area contributed by atoms with Crippen LogP contribution in [-0.2, 0) is 9.47 Å². The number of nitrogens with zero attached hydrogens (tertiary/aromatic N) is 5. The molecule has 2 fully saturated rings. The molecule has 3 aromatic heterocycles. The topological polar surface area (TPSA) is 76.8 Å². The number of fused-ring (bicyclic) bond motifs is 1. The summed E-state index contributed by atoms with van der Waals surface area (Å²) in [4.78, 5) is 11.6. The predicted molar refractivity (Wildman–Crippen MR) is 135 cm³/mol. The van der Waals surface area contributed by atoms with Crippen LogP contribution in [0.25, 0.3) is 16.6 Å². The third-order valence-corrected chi connectivity index (χ3v) is 7.16. The lowest BCUT2D eigenvalue weighted by molar-refractivity contribution is 0.122. The van der Waals surface area contributed by atoms with E-state index in [-0.39, 0.29) is 6.04 Å². The number of methoxy groups -OCH3 is 1. The van der Waals surface area contributed by atoms with Crippen LogP contribution < -0.4 is 10.2 Å². The minimum absolute atomic E-state index is 0.132. The van der Waals surface area contributed by atoms with Gasteiger partial charge in [0.15, 0.2) is 0 Å². The van der Waals surface area contributed by atoms with Crippen LogP contribution in [0.4, 0.5) is 11.8 Å². The van der Waals surface area contributed by atoms with Gasteiger partial charge < -0.3 is 19.7 Å². The molecule has 5 rings (SSSR count). The summed E-state index contributed by atoms with van der Waals surface area (Å²) in [6.07, 6.45) is 8.81. The van der Waals surface area contributed by atoms with E-state index in [2.05, 4.69) is 56.7 Å². The van der Waals surface area contributed by atoms with Crippen molar-refractivity contribution in [2.75, 3.05) is 50.2 Å². The Morgan fingerprint density at radius 1 is 1.15 bits per heavy atom. The minimum atomic E-state index is 0.132. The maximum Gasteiger partial charge on any atom is 0.241 e. The summed E-state index contributed by atoms with van der Waals surface area (Å²) in [7, 11) is 1.71. The van der Waals surface area contributed by atoms with Crippen molar-refractivity contribution in [1.82, 2.24) is 19.6 Å². The molecular formula is C26H36N6O2. The number of anilines is 2. The standard InChI is InChI=1S/C26H36N6O2/c1-18-4-6-20(7-5-18)23-15-22(21-8-9-27-25(14-21)31-10-12-34-13-11-31)24-16-28-26(30-32(23)24)29-19(2)17-33-3/h8-9,14-16,18-20H,4-7,10-13,17H2,1-3H3,(H,29,30)/t18?,19-,20?/m0/s1. The van der Waals surface area contributed by atoms with Gasteiger partial charge in [-0.05, 0) is 49.4 Å². The average molecular weight is 465 g/mol. The number of hydrogen-bond acceptors (Lipinski definition) is 7. The molecule has 1 aliphatic heterocycles. The number of ether oxygens (including phenoxy) is 2. The largest absolute Gasteiger partial charge is 0.383 e. The highest BCUT2D eigenvalue weighted by Crippen LogP contribution is 2.39. The van der Waals surface area contributed by atoms with Crippen LogP contribution in [-0.4, -0.2) is 65.6 Å². The smallest absolute Gasteiger partial charge is 0.241 e. The summed E-state index contributed by atoms with van der Waals surface area (Å²) in [5, 5.41) is 8.32. The van der Waals surface area contributed by atoms with Crippen molar-refractivity contribution in [1.29, 1.82) is 0 Å². The first kappa shape index (κ1) is 23.1. The van der Waals surface area contributed by atoms with E-state index in [1.807, 2.05) is 12.4 Å². The van der Waals surface area contributed by atoms with Gasteiger partial charge in [0.2, 0.25) is 5.95 Å². The summed E-state index contributed by atoms with van der Waals surface area (Å²) in [6.45, 7) is 8.28. The molecule has 2 aliphatic rings. The van der Waals surface area contributed by atoms with E-state index in [1.165, 1.54) is 36.9 Å². The Morgan fingerprint density at radius 2 is 1.94 bits per heavy atom. The van der Waals surface area contributed by atoms with Gasteiger partial charge in [-0.1, -0.05) is 19.8 Å². The lowest BCUT2D eigenvalue weighted by Gasteiger charge is -2.28.